The number of nitrogens with zero attached hydrogens (tertiary/aromatic N) is 2. The van der Waals surface area contributed by atoms with Gasteiger partial charge in [0.15, 0.2) is 0 Å². The quantitative estimate of drug-likeness (QED) is 0.636. The van der Waals surface area contributed by atoms with E-state index in [1.54, 1.807) is 0 Å². The van der Waals surface area contributed by atoms with Crippen LogP contribution in [0, 0.1) is 6.92 Å². The second-order valence-electron chi connectivity index (χ2n) is 4.96. The first-order valence-electron chi connectivity index (χ1n) is 6.80. The van der Waals surface area contributed by atoms with Gasteiger partial charge in [0.25, 0.3) is 0 Å². The van der Waals surface area contributed by atoms with Gasteiger partial charge in [-0.25, -0.2) is 4.98 Å². The standard InChI is InChI=1S/C16H17ClN2S/c1-3-12-5-6-13(20-12)10-19-15-7-4-11(2)8-14(15)18-16(19)9-17/h4-8H,3,9-10H2,1-2H3. The molecule has 0 amide bonds. The number of imidazole rings is 1. The monoisotopic (exact) mass is 304 g/mol. The lowest BCUT2D eigenvalue weighted by Crippen LogP contribution is -2.02. The molecular weight excluding hydrogens is 288 g/mol. The van der Waals surface area contributed by atoms with Gasteiger partial charge in [0.05, 0.1) is 23.5 Å². The van der Waals surface area contributed by atoms with Crippen LogP contribution in [0.5, 0.6) is 0 Å². The third-order valence-corrected chi connectivity index (χ3v) is 4.94. The van der Waals surface area contributed by atoms with Crippen molar-refractivity contribution >= 4 is 34.0 Å². The van der Waals surface area contributed by atoms with E-state index in [1.165, 1.54) is 15.3 Å². The zero-order valence-corrected chi connectivity index (χ0v) is 13.3. The Bertz CT molecular complexity index is 742. The highest BCUT2D eigenvalue weighted by molar-refractivity contribution is 7.11. The summed E-state index contributed by atoms with van der Waals surface area (Å²) in [5, 5.41) is 0. The number of hydrogen-bond acceptors (Lipinski definition) is 2. The van der Waals surface area contributed by atoms with Gasteiger partial charge < -0.3 is 4.57 Å². The van der Waals surface area contributed by atoms with Gasteiger partial charge in [-0.3, -0.25) is 0 Å². The van der Waals surface area contributed by atoms with Crippen molar-refractivity contribution in [1.29, 1.82) is 0 Å². The van der Waals surface area contributed by atoms with Gasteiger partial charge in [0, 0.05) is 9.75 Å². The first kappa shape index (κ1) is 13.7. The van der Waals surface area contributed by atoms with Crippen LogP contribution in [0.25, 0.3) is 11.0 Å². The van der Waals surface area contributed by atoms with Crippen molar-refractivity contribution in [2.75, 3.05) is 0 Å². The number of fused-ring (bicyclic) bond motifs is 1. The summed E-state index contributed by atoms with van der Waals surface area (Å²) in [5.74, 6) is 1.39. The lowest BCUT2D eigenvalue weighted by atomic mass is 10.2. The van der Waals surface area contributed by atoms with Crippen molar-refractivity contribution in [2.24, 2.45) is 0 Å². The maximum absolute atomic E-state index is 6.06. The molecular formula is C16H17ClN2S. The molecule has 104 valence electrons. The molecule has 2 nitrogen and oxygen atoms in total. The number of thiophene rings is 1. The van der Waals surface area contributed by atoms with Gasteiger partial charge in [0.1, 0.15) is 5.82 Å². The van der Waals surface area contributed by atoms with Crippen molar-refractivity contribution in [1.82, 2.24) is 9.55 Å². The van der Waals surface area contributed by atoms with E-state index in [1.807, 2.05) is 11.3 Å². The van der Waals surface area contributed by atoms with Crippen LogP contribution in [-0.4, -0.2) is 9.55 Å². The molecule has 0 saturated carbocycles. The Hall–Kier alpha value is -1.32. The average Bonchev–Trinajstić information content (AvgIpc) is 3.03. The predicted octanol–water partition coefficient (Wildman–Crippen LogP) is 4.76. The molecule has 0 bridgehead atoms. The molecule has 3 rings (SSSR count). The maximum Gasteiger partial charge on any atom is 0.125 e. The summed E-state index contributed by atoms with van der Waals surface area (Å²) in [7, 11) is 0. The van der Waals surface area contributed by atoms with E-state index in [2.05, 4.69) is 53.7 Å². The summed E-state index contributed by atoms with van der Waals surface area (Å²) in [6, 6.07) is 10.8. The number of alkyl halides is 1. The number of aryl methyl sites for hydroxylation is 2. The Labute approximate surface area is 128 Å². The van der Waals surface area contributed by atoms with Crippen molar-refractivity contribution in [2.45, 2.75) is 32.7 Å². The minimum atomic E-state index is 0.444. The van der Waals surface area contributed by atoms with E-state index in [-0.39, 0.29) is 0 Å². The number of hydrogen-bond donors (Lipinski definition) is 0. The molecule has 0 radical (unpaired) electrons. The van der Waals surface area contributed by atoms with E-state index in [4.69, 9.17) is 11.6 Å². The number of benzene rings is 1. The molecule has 2 heterocycles. The fraction of sp³-hybridized carbons (Fsp3) is 0.312. The van der Waals surface area contributed by atoms with Crippen molar-refractivity contribution in [3.05, 3.63) is 51.5 Å². The molecule has 0 atom stereocenters. The molecule has 0 aliphatic carbocycles. The third-order valence-electron chi connectivity index (χ3n) is 3.48. The number of rotatable bonds is 4. The van der Waals surface area contributed by atoms with Crippen LogP contribution >= 0.6 is 22.9 Å². The van der Waals surface area contributed by atoms with E-state index in [0.717, 1.165) is 29.8 Å². The summed E-state index contributed by atoms with van der Waals surface area (Å²) in [6.45, 7) is 5.13. The molecule has 3 aromatic rings. The molecule has 0 saturated heterocycles. The van der Waals surface area contributed by atoms with E-state index in [9.17, 15) is 0 Å². The summed E-state index contributed by atoms with van der Waals surface area (Å²) < 4.78 is 2.23. The van der Waals surface area contributed by atoms with Gasteiger partial charge in [-0.05, 0) is 43.2 Å². The second kappa shape index (κ2) is 5.58. The topological polar surface area (TPSA) is 17.8 Å². The fourth-order valence-corrected chi connectivity index (χ4v) is 3.57. The minimum absolute atomic E-state index is 0.444. The average molecular weight is 305 g/mol. The molecule has 4 heteroatoms. The highest BCUT2D eigenvalue weighted by Gasteiger charge is 2.11. The van der Waals surface area contributed by atoms with Gasteiger partial charge in [-0.15, -0.1) is 22.9 Å². The molecule has 0 unspecified atom stereocenters. The molecule has 0 aliphatic rings. The Balaban J connectivity index is 2.04. The van der Waals surface area contributed by atoms with Crippen LogP contribution in [0.2, 0.25) is 0 Å². The second-order valence-corrected chi connectivity index (χ2v) is 6.48. The van der Waals surface area contributed by atoms with Crippen LogP contribution < -0.4 is 0 Å². The zero-order valence-electron chi connectivity index (χ0n) is 11.7. The van der Waals surface area contributed by atoms with Gasteiger partial charge >= 0.3 is 0 Å². The molecule has 20 heavy (non-hydrogen) atoms. The van der Waals surface area contributed by atoms with Crippen LogP contribution in [0.3, 0.4) is 0 Å². The van der Waals surface area contributed by atoms with Crippen LogP contribution in [0.1, 0.15) is 28.1 Å². The normalized spacial score (nSPS) is 11.3. The first-order valence-corrected chi connectivity index (χ1v) is 8.15. The Kier molecular flexibility index (Phi) is 3.81. The van der Waals surface area contributed by atoms with Crippen LogP contribution in [-0.2, 0) is 18.8 Å². The number of aromatic nitrogens is 2. The fourth-order valence-electron chi connectivity index (χ4n) is 2.42. The van der Waals surface area contributed by atoms with Crippen LogP contribution in [0.4, 0.5) is 0 Å². The van der Waals surface area contributed by atoms with Gasteiger partial charge in [-0.2, -0.15) is 0 Å². The summed E-state index contributed by atoms with van der Waals surface area (Å²) in [6.07, 6.45) is 1.09. The number of halogens is 1. The predicted molar refractivity (Wildman–Crippen MR) is 86.8 cm³/mol. The van der Waals surface area contributed by atoms with E-state index in [0.29, 0.717) is 5.88 Å². The molecule has 1 aromatic carbocycles. The molecule has 0 fully saturated rings. The lowest BCUT2D eigenvalue weighted by molar-refractivity contribution is 0.789. The SMILES string of the molecule is CCc1ccc(Cn2c(CCl)nc3cc(C)ccc32)s1. The van der Waals surface area contributed by atoms with Crippen molar-refractivity contribution in [3.63, 3.8) is 0 Å². The Morgan fingerprint density at radius 1 is 1.20 bits per heavy atom. The summed E-state index contributed by atoms with van der Waals surface area (Å²) in [5.41, 5.74) is 3.43. The van der Waals surface area contributed by atoms with E-state index >= 15 is 0 Å². The molecule has 2 aromatic heterocycles. The summed E-state index contributed by atoms with van der Waals surface area (Å²) >= 11 is 7.93. The largest absolute Gasteiger partial charge is 0.322 e. The summed E-state index contributed by atoms with van der Waals surface area (Å²) in [4.78, 5) is 7.43. The highest BCUT2D eigenvalue weighted by atomic mass is 35.5. The third kappa shape index (κ3) is 2.48. The van der Waals surface area contributed by atoms with Crippen LogP contribution in [0.15, 0.2) is 30.3 Å². The van der Waals surface area contributed by atoms with Crippen molar-refractivity contribution in [3.8, 4) is 0 Å². The Morgan fingerprint density at radius 3 is 2.70 bits per heavy atom. The lowest BCUT2D eigenvalue weighted by Gasteiger charge is -2.06. The molecule has 0 N–H and O–H groups in total. The van der Waals surface area contributed by atoms with Gasteiger partial charge in [-0.1, -0.05) is 13.0 Å². The highest BCUT2D eigenvalue weighted by Crippen LogP contribution is 2.23. The van der Waals surface area contributed by atoms with E-state index < -0.39 is 0 Å². The smallest absolute Gasteiger partial charge is 0.125 e. The Morgan fingerprint density at radius 2 is 2.00 bits per heavy atom. The maximum atomic E-state index is 6.06. The first-order chi connectivity index (χ1) is 9.71. The zero-order chi connectivity index (χ0) is 14.1. The van der Waals surface area contributed by atoms with Gasteiger partial charge in [0.2, 0.25) is 0 Å². The molecule has 0 spiro atoms. The minimum Gasteiger partial charge on any atom is -0.322 e. The van der Waals surface area contributed by atoms with Crippen molar-refractivity contribution < 1.29 is 0 Å². The molecule has 0 aliphatic heterocycles.